The second-order valence-electron chi connectivity index (χ2n) is 6.17. The first-order chi connectivity index (χ1) is 13.6. The lowest BCUT2D eigenvalue weighted by molar-refractivity contribution is 0.0934. The van der Waals surface area contributed by atoms with Gasteiger partial charge in [0.2, 0.25) is 6.79 Å². The van der Waals surface area contributed by atoms with E-state index in [1.807, 2.05) is 37.3 Å². The molecule has 3 aromatic rings. The van der Waals surface area contributed by atoms with E-state index in [2.05, 4.69) is 15.6 Å². The van der Waals surface area contributed by atoms with Gasteiger partial charge in [0.15, 0.2) is 16.6 Å². The molecule has 1 unspecified atom stereocenters. The van der Waals surface area contributed by atoms with E-state index in [1.165, 1.54) is 11.3 Å². The van der Waals surface area contributed by atoms with Crippen molar-refractivity contribution in [2.24, 2.45) is 0 Å². The minimum atomic E-state index is -0.336. The van der Waals surface area contributed by atoms with Gasteiger partial charge in [-0.3, -0.25) is 14.9 Å². The predicted octanol–water partition coefficient (Wildman–Crippen LogP) is 3.62. The Labute approximate surface area is 165 Å². The number of thiazole rings is 1. The maximum Gasteiger partial charge on any atom is 0.271 e. The van der Waals surface area contributed by atoms with Gasteiger partial charge in [-0.2, -0.15) is 0 Å². The lowest BCUT2D eigenvalue weighted by Gasteiger charge is -2.13. The quantitative estimate of drug-likeness (QED) is 0.689. The fraction of sp³-hybridized carbons (Fsp3) is 0.150. The predicted molar refractivity (Wildman–Crippen MR) is 105 cm³/mol. The van der Waals surface area contributed by atoms with E-state index in [4.69, 9.17) is 9.47 Å². The van der Waals surface area contributed by atoms with Crippen molar-refractivity contribution in [2.75, 3.05) is 12.1 Å². The highest BCUT2D eigenvalue weighted by atomic mass is 32.1. The molecule has 1 atom stereocenters. The van der Waals surface area contributed by atoms with Crippen LogP contribution in [0.4, 0.5) is 5.13 Å². The van der Waals surface area contributed by atoms with Crippen LogP contribution in [0.25, 0.3) is 0 Å². The van der Waals surface area contributed by atoms with Gasteiger partial charge >= 0.3 is 0 Å². The molecule has 1 aromatic heterocycles. The number of nitrogens with zero attached hydrogens (tertiary/aromatic N) is 1. The summed E-state index contributed by atoms with van der Waals surface area (Å²) in [4.78, 5) is 29.0. The largest absolute Gasteiger partial charge is 0.454 e. The van der Waals surface area contributed by atoms with Gasteiger partial charge in [0.1, 0.15) is 5.69 Å². The van der Waals surface area contributed by atoms with Crippen molar-refractivity contribution in [1.82, 2.24) is 10.3 Å². The molecule has 0 saturated carbocycles. The molecule has 7 nitrogen and oxygen atoms in total. The van der Waals surface area contributed by atoms with Crippen LogP contribution in [-0.2, 0) is 0 Å². The number of nitrogens with one attached hydrogen (secondary N) is 2. The van der Waals surface area contributed by atoms with Crippen LogP contribution < -0.4 is 20.1 Å². The van der Waals surface area contributed by atoms with Gasteiger partial charge < -0.3 is 14.8 Å². The summed E-state index contributed by atoms with van der Waals surface area (Å²) in [7, 11) is 0. The Kier molecular flexibility index (Phi) is 4.94. The molecule has 0 spiro atoms. The summed E-state index contributed by atoms with van der Waals surface area (Å²) >= 11 is 1.19. The number of hydrogen-bond donors (Lipinski definition) is 2. The highest BCUT2D eigenvalue weighted by molar-refractivity contribution is 7.14. The monoisotopic (exact) mass is 395 g/mol. The van der Waals surface area contributed by atoms with Crippen LogP contribution in [0.2, 0.25) is 0 Å². The number of anilines is 1. The summed E-state index contributed by atoms with van der Waals surface area (Å²) in [6.07, 6.45) is 0. The Bertz CT molecular complexity index is 1020. The normalized spacial score (nSPS) is 13.0. The van der Waals surface area contributed by atoms with Gasteiger partial charge in [-0.25, -0.2) is 4.98 Å². The number of ether oxygens (including phenoxy) is 2. The second-order valence-corrected chi connectivity index (χ2v) is 7.02. The summed E-state index contributed by atoms with van der Waals surface area (Å²) in [5.41, 5.74) is 1.68. The number of aromatic nitrogens is 1. The zero-order chi connectivity index (χ0) is 19.5. The van der Waals surface area contributed by atoms with Crippen molar-refractivity contribution in [3.63, 3.8) is 0 Å². The molecule has 2 heterocycles. The smallest absolute Gasteiger partial charge is 0.271 e. The lowest BCUT2D eigenvalue weighted by atomic mass is 10.1. The van der Waals surface area contributed by atoms with Gasteiger partial charge in [-0.15, -0.1) is 11.3 Å². The molecule has 142 valence electrons. The molecule has 0 fully saturated rings. The number of hydrogen-bond acceptors (Lipinski definition) is 6. The Balaban J connectivity index is 1.40. The van der Waals surface area contributed by atoms with E-state index in [0.29, 0.717) is 22.2 Å². The van der Waals surface area contributed by atoms with E-state index < -0.39 is 0 Å². The molecule has 2 aromatic carbocycles. The van der Waals surface area contributed by atoms with E-state index in [1.54, 1.807) is 23.6 Å². The fourth-order valence-corrected chi connectivity index (χ4v) is 3.42. The molecular weight excluding hydrogens is 378 g/mol. The first-order valence-electron chi connectivity index (χ1n) is 8.62. The zero-order valence-corrected chi connectivity index (χ0v) is 15.8. The summed E-state index contributed by atoms with van der Waals surface area (Å²) < 4.78 is 10.5. The molecule has 1 aliphatic rings. The minimum absolute atomic E-state index is 0.146. The van der Waals surface area contributed by atoms with Crippen molar-refractivity contribution in [3.05, 3.63) is 70.7 Å². The SMILES string of the molecule is CC(NC(=O)c1csc(NC(=O)c2ccc3c(c2)OCO3)n1)c1ccccc1. The third-order valence-electron chi connectivity index (χ3n) is 4.24. The van der Waals surface area contributed by atoms with Crippen molar-refractivity contribution in [3.8, 4) is 11.5 Å². The molecule has 0 bridgehead atoms. The molecule has 0 saturated heterocycles. The van der Waals surface area contributed by atoms with E-state index in [-0.39, 0.29) is 30.3 Å². The first kappa shape index (κ1) is 18.0. The van der Waals surface area contributed by atoms with Gasteiger partial charge in [0.05, 0.1) is 6.04 Å². The van der Waals surface area contributed by atoms with Crippen LogP contribution >= 0.6 is 11.3 Å². The van der Waals surface area contributed by atoms with Gasteiger partial charge in [-0.1, -0.05) is 30.3 Å². The number of fused-ring (bicyclic) bond motifs is 1. The average molecular weight is 395 g/mol. The fourth-order valence-electron chi connectivity index (χ4n) is 2.74. The summed E-state index contributed by atoms with van der Waals surface area (Å²) in [5, 5.41) is 7.56. The average Bonchev–Trinajstić information content (AvgIpc) is 3.37. The molecule has 2 N–H and O–H groups in total. The van der Waals surface area contributed by atoms with Crippen molar-refractivity contribution in [2.45, 2.75) is 13.0 Å². The first-order valence-corrected chi connectivity index (χ1v) is 9.50. The Morgan fingerprint density at radius 1 is 1.07 bits per heavy atom. The summed E-state index contributed by atoms with van der Waals surface area (Å²) in [6.45, 7) is 2.05. The van der Waals surface area contributed by atoms with Crippen LogP contribution in [0.5, 0.6) is 11.5 Å². The highest BCUT2D eigenvalue weighted by Crippen LogP contribution is 2.32. The Morgan fingerprint density at radius 3 is 2.68 bits per heavy atom. The van der Waals surface area contributed by atoms with E-state index in [9.17, 15) is 9.59 Å². The third-order valence-corrected chi connectivity index (χ3v) is 5.00. The topological polar surface area (TPSA) is 89.6 Å². The van der Waals surface area contributed by atoms with Gasteiger partial charge in [0.25, 0.3) is 11.8 Å². The second kappa shape index (κ2) is 7.69. The standard InChI is InChI=1S/C20H17N3O4S/c1-12(13-5-3-2-4-6-13)21-19(25)15-10-28-20(22-15)23-18(24)14-7-8-16-17(9-14)27-11-26-16/h2-10,12H,11H2,1H3,(H,21,25)(H,22,23,24). The Morgan fingerprint density at radius 2 is 1.86 bits per heavy atom. The molecule has 8 heteroatoms. The highest BCUT2D eigenvalue weighted by Gasteiger charge is 2.18. The summed E-state index contributed by atoms with van der Waals surface area (Å²) in [6, 6.07) is 14.5. The number of benzene rings is 2. The maximum absolute atomic E-state index is 12.4. The van der Waals surface area contributed by atoms with Crippen LogP contribution in [0.3, 0.4) is 0 Å². The van der Waals surface area contributed by atoms with Crippen molar-refractivity contribution < 1.29 is 19.1 Å². The molecule has 1 aliphatic heterocycles. The minimum Gasteiger partial charge on any atom is -0.454 e. The van der Waals surface area contributed by atoms with Crippen molar-refractivity contribution in [1.29, 1.82) is 0 Å². The maximum atomic E-state index is 12.4. The lowest BCUT2D eigenvalue weighted by Crippen LogP contribution is -2.26. The summed E-state index contributed by atoms with van der Waals surface area (Å²) in [5.74, 6) is 0.507. The van der Waals surface area contributed by atoms with Crippen LogP contribution in [0.15, 0.2) is 53.9 Å². The molecule has 4 rings (SSSR count). The van der Waals surface area contributed by atoms with Crippen LogP contribution in [-0.4, -0.2) is 23.6 Å². The molecule has 0 radical (unpaired) electrons. The number of carbonyl (C=O) groups excluding carboxylic acids is 2. The molecule has 0 aliphatic carbocycles. The van der Waals surface area contributed by atoms with Crippen LogP contribution in [0, 0.1) is 0 Å². The van der Waals surface area contributed by atoms with Crippen LogP contribution in [0.1, 0.15) is 39.4 Å². The number of amides is 2. The van der Waals surface area contributed by atoms with E-state index >= 15 is 0 Å². The number of rotatable bonds is 5. The molecule has 2 amide bonds. The number of carbonyl (C=O) groups is 2. The van der Waals surface area contributed by atoms with Gasteiger partial charge in [-0.05, 0) is 30.7 Å². The molecular formula is C20H17N3O4S. The Hall–Kier alpha value is -3.39. The third kappa shape index (κ3) is 3.81. The van der Waals surface area contributed by atoms with Gasteiger partial charge in [0, 0.05) is 10.9 Å². The van der Waals surface area contributed by atoms with E-state index in [0.717, 1.165) is 5.56 Å². The zero-order valence-electron chi connectivity index (χ0n) is 15.0. The molecule has 28 heavy (non-hydrogen) atoms. The van der Waals surface area contributed by atoms with Crippen molar-refractivity contribution >= 4 is 28.3 Å².